The first kappa shape index (κ1) is 13.8. The normalized spacial score (nSPS) is 38.7. The molecular weight excluding hydrogens is 254 g/mol. The SMILES string of the molecule is Cc1cccc(CC(N)CC23CC4CC(CC(C4)C2)C3)c1. The van der Waals surface area contributed by atoms with Crippen molar-refractivity contribution in [1.29, 1.82) is 0 Å². The molecule has 0 amide bonds. The Bertz CT molecular complexity index is 483. The minimum Gasteiger partial charge on any atom is -0.327 e. The van der Waals surface area contributed by atoms with Gasteiger partial charge in [-0.05, 0) is 87.0 Å². The summed E-state index contributed by atoms with van der Waals surface area (Å²) in [5.74, 6) is 3.13. The molecule has 0 radical (unpaired) electrons. The van der Waals surface area contributed by atoms with Crippen LogP contribution in [0.2, 0.25) is 0 Å². The van der Waals surface area contributed by atoms with Gasteiger partial charge in [-0.25, -0.2) is 0 Å². The summed E-state index contributed by atoms with van der Waals surface area (Å²) in [5.41, 5.74) is 9.98. The van der Waals surface area contributed by atoms with Crippen LogP contribution in [-0.4, -0.2) is 6.04 Å². The standard InChI is InChI=1S/C20H29N/c1-14-3-2-4-15(5-14)9-19(21)13-20-10-16-6-17(11-20)8-18(7-16)12-20/h2-5,16-19H,6-13,21H2,1H3. The zero-order valence-corrected chi connectivity index (χ0v) is 13.4. The molecule has 0 aliphatic heterocycles. The molecule has 5 rings (SSSR count). The van der Waals surface area contributed by atoms with Gasteiger partial charge >= 0.3 is 0 Å². The predicted molar refractivity (Wildman–Crippen MR) is 88.1 cm³/mol. The molecule has 2 N–H and O–H groups in total. The Balaban J connectivity index is 1.43. The second-order valence-electron chi connectivity index (χ2n) is 8.57. The van der Waals surface area contributed by atoms with E-state index in [0.29, 0.717) is 11.5 Å². The summed E-state index contributed by atoms with van der Waals surface area (Å²) >= 11 is 0. The summed E-state index contributed by atoms with van der Waals surface area (Å²) < 4.78 is 0. The fourth-order valence-corrected chi connectivity index (χ4v) is 6.31. The van der Waals surface area contributed by atoms with Gasteiger partial charge in [-0.3, -0.25) is 0 Å². The Kier molecular flexibility index (Phi) is 3.37. The molecule has 1 atom stereocenters. The average Bonchev–Trinajstić information content (AvgIpc) is 2.35. The van der Waals surface area contributed by atoms with E-state index >= 15 is 0 Å². The number of hydrogen-bond acceptors (Lipinski definition) is 1. The fraction of sp³-hybridized carbons (Fsp3) is 0.700. The van der Waals surface area contributed by atoms with E-state index < -0.39 is 0 Å². The molecule has 21 heavy (non-hydrogen) atoms. The van der Waals surface area contributed by atoms with Crippen molar-refractivity contribution < 1.29 is 0 Å². The highest BCUT2D eigenvalue weighted by molar-refractivity contribution is 5.23. The van der Waals surface area contributed by atoms with E-state index in [1.165, 1.54) is 56.1 Å². The second kappa shape index (κ2) is 5.12. The van der Waals surface area contributed by atoms with Crippen LogP contribution >= 0.6 is 0 Å². The van der Waals surface area contributed by atoms with Crippen molar-refractivity contribution >= 4 is 0 Å². The minimum absolute atomic E-state index is 0.350. The summed E-state index contributed by atoms with van der Waals surface area (Å²) in [6, 6.07) is 9.24. The van der Waals surface area contributed by atoms with E-state index in [1.54, 1.807) is 0 Å². The van der Waals surface area contributed by atoms with Crippen molar-refractivity contribution in [3.8, 4) is 0 Å². The third-order valence-electron chi connectivity index (χ3n) is 6.44. The van der Waals surface area contributed by atoms with E-state index in [1.807, 2.05) is 0 Å². The van der Waals surface area contributed by atoms with Crippen molar-refractivity contribution in [2.24, 2.45) is 28.9 Å². The van der Waals surface area contributed by atoms with E-state index in [9.17, 15) is 0 Å². The Morgan fingerprint density at radius 2 is 1.71 bits per heavy atom. The van der Waals surface area contributed by atoms with Gasteiger partial charge in [-0.1, -0.05) is 29.8 Å². The van der Waals surface area contributed by atoms with E-state index in [2.05, 4.69) is 31.2 Å². The molecular formula is C20H29N. The van der Waals surface area contributed by atoms with Crippen molar-refractivity contribution in [1.82, 2.24) is 0 Å². The summed E-state index contributed by atoms with van der Waals surface area (Å²) in [5, 5.41) is 0. The van der Waals surface area contributed by atoms with Crippen LogP contribution in [0.25, 0.3) is 0 Å². The molecule has 4 aliphatic rings. The summed E-state index contributed by atoms with van der Waals surface area (Å²) in [7, 11) is 0. The largest absolute Gasteiger partial charge is 0.327 e. The van der Waals surface area contributed by atoms with Crippen molar-refractivity contribution in [3.63, 3.8) is 0 Å². The number of rotatable bonds is 4. The van der Waals surface area contributed by atoms with Crippen LogP contribution in [0.3, 0.4) is 0 Å². The molecule has 1 heteroatoms. The lowest BCUT2D eigenvalue weighted by Gasteiger charge is -2.57. The van der Waals surface area contributed by atoms with Gasteiger partial charge in [0, 0.05) is 6.04 Å². The molecule has 114 valence electrons. The van der Waals surface area contributed by atoms with Crippen LogP contribution in [0.4, 0.5) is 0 Å². The monoisotopic (exact) mass is 283 g/mol. The molecule has 4 aliphatic carbocycles. The highest BCUT2D eigenvalue weighted by atomic mass is 14.7. The molecule has 4 fully saturated rings. The van der Waals surface area contributed by atoms with Crippen molar-refractivity contribution in [3.05, 3.63) is 35.4 Å². The molecule has 4 bridgehead atoms. The Hall–Kier alpha value is -0.820. The zero-order valence-electron chi connectivity index (χ0n) is 13.4. The third-order valence-corrected chi connectivity index (χ3v) is 6.44. The van der Waals surface area contributed by atoms with Crippen LogP contribution in [0.15, 0.2) is 24.3 Å². The van der Waals surface area contributed by atoms with Crippen LogP contribution in [0, 0.1) is 30.1 Å². The lowest BCUT2D eigenvalue weighted by Crippen LogP contribution is -2.48. The minimum atomic E-state index is 0.350. The molecule has 1 nitrogen and oxygen atoms in total. The Labute approximate surface area is 129 Å². The first-order valence-electron chi connectivity index (χ1n) is 8.91. The van der Waals surface area contributed by atoms with Gasteiger partial charge < -0.3 is 5.73 Å². The third kappa shape index (κ3) is 2.77. The lowest BCUT2D eigenvalue weighted by atomic mass is 9.48. The van der Waals surface area contributed by atoms with Crippen molar-refractivity contribution in [2.45, 2.75) is 64.3 Å². The molecule has 0 saturated heterocycles. The first-order valence-corrected chi connectivity index (χ1v) is 8.91. The van der Waals surface area contributed by atoms with Crippen LogP contribution in [0.5, 0.6) is 0 Å². The Morgan fingerprint density at radius 3 is 2.29 bits per heavy atom. The molecule has 0 aromatic heterocycles. The maximum atomic E-state index is 6.58. The van der Waals surface area contributed by atoms with E-state index in [4.69, 9.17) is 5.73 Å². The molecule has 1 aromatic rings. The van der Waals surface area contributed by atoms with E-state index in [0.717, 1.165) is 24.2 Å². The number of benzene rings is 1. The van der Waals surface area contributed by atoms with Crippen LogP contribution in [0.1, 0.15) is 56.1 Å². The average molecular weight is 283 g/mol. The molecule has 1 unspecified atom stereocenters. The van der Waals surface area contributed by atoms with Gasteiger partial charge in [0.1, 0.15) is 0 Å². The number of hydrogen-bond donors (Lipinski definition) is 1. The summed E-state index contributed by atoms with van der Waals surface area (Å²) in [4.78, 5) is 0. The van der Waals surface area contributed by atoms with Crippen LogP contribution in [-0.2, 0) is 6.42 Å². The number of nitrogens with two attached hydrogens (primary N) is 1. The maximum Gasteiger partial charge on any atom is 0.00846 e. The van der Waals surface area contributed by atoms with Gasteiger partial charge in [0.25, 0.3) is 0 Å². The van der Waals surface area contributed by atoms with Crippen molar-refractivity contribution in [2.75, 3.05) is 0 Å². The smallest absolute Gasteiger partial charge is 0.00846 e. The molecule has 0 spiro atoms. The highest BCUT2D eigenvalue weighted by Crippen LogP contribution is 2.61. The fourth-order valence-electron chi connectivity index (χ4n) is 6.31. The predicted octanol–water partition coefficient (Wildman–Crippen LogP) is 4.47. The topological polar surface area (TPSA) is 26.0 Å². The summed E-state index contributed by atoms with van der Waals surface area (Å²) in [6.07, 6.45) is 11.4. The zero-order chi connectivity index (χ0) is 14.4. The Morgan fingerprint density at radius 1 is 1.10 bits per heavy atom. The molecule has 1 aromatic carbocycles. The van der Waals surface area contributed by atoms with Crippen LogP contribution < -0.4 is 5.73 Å². The summed E-state index contributed by atoms with van der Waals surface area (Å²) in [6.45, 7) is 2.17. The first-order chi connectivity index (χ1) is 10.1. The second-order valence-corrected chi connectivity index (χ2v) is 8.57. The lowest BCUT2D eigenvalue weighted by molar-refractivity contribution is -0.0602. The highest BCUT2D eigenvalue weighted by Gasteiger charge is 2.50. The van der Waals surface area contributed by atoms with Gasteiger partial charge in [-0.2, -0.15) is 0 Å². The van der Waals surface area contributed by atoms with Gasteiger partial charge in [0.05, 0.1) is 0 Å². The molecule has 4 saturated carbocycles. The quantitative estimate of drug-likeness (QED) is 0.866. The maximum absolute atomic E-state index is 6.58. The number of aryl methyl sites for hydroxylation is 1. The van der Waals surface area contributed by atoms with E-state index in [-0.39, 0.29) is 0 Å². The molecule has 0 heterocycles. The van der Waals surface area contributed by atoms with Gasteiger partial charge in [0.2, 0.25) is 0 Å². The van der Waals surface area contributed by atoms with Gasteiger partial charge in [0.15, 0.2) is 0 Å². The van der Waals surface area contributed by atoms with Gasteiger partial charge in [-0.15, -0.1) is 0 Å².